The highest BCUT2D eigenvalue weighted by atomic mass is 79.9. The predicted octanol–water partition coefficient (Wildman–Crippen LogP) is 4.17. The molecule has 1 heterocycles. The predicted molar refractivity (Wildman–Crippen MR) is 82.9 cm³/mol. The second kappa shape index (κ2) is 5.19. The van der Waals surface area contributed by atoms with Crippen molar-refractivity contribution in [3.8, 4) is 0 Å². The fourth-order valence-electron chi connectivity index (χ4n) is 2.27. The van der Waals surface area contributed by atoms with Gasteiger partial charge in [0.15, 0.2) is 0 Å². The van der Waals surface area contributed by atoms with Crippen molar-refractivity contribution in [2.75, 3.05) is 5.32 Å². The van der Waals surface area contributed by atoms with E-state index in [0.717, 1.165) is 18.4 Å². The van der Waals surface area contributed by atoms with E-state index < -0.39 is 0 Å². The molecule has 0 atom stereocenters. The van der Waals surface area contributed by atoms with E-state index in [0.29, 0.717) is 15.3 Å². The van der Waals surface area contributed by atoms with Gasteiger partial charge in [0, 0.05) is 0 Å². The van der Waals surface area contributed by atoms with Crippen molar-refractivity contribution in [1.29, 1.82) is 0 Å². The van der Waals surface area contributed by atoms with E-state index in [9.17, 15) is 4.79 Å². The average molecular weight is 352 g/mol. The summed E-state index contributed by atoms with van der Waals surface area (Å²) in [6, 6.07) is 11.6. The summed E-state index contributed by atoms with van der Waals surface area (Å²) >= 11 is 9.15. The Kier molecular flexibility index (Phi) is 3.52. The second-order valence-corrected chi connectivity index (χ2v) is 6.11. The van der Waals surface area contributed by atoms with Gasteiger partial charge in [-0.1, -0.05) is 41.9 Å². The van der Waals surface area contributed by atoms with E-state index >= 15 is 0 Å². The van der Waals surface area contributed by atoms with Crippen molar-refractivity contribution >= 4 is 39.1 Å². The molecule has 1 aliphatic carbocycles. The van der Waals surface area contributed by atoms with Crippen LogP contribution in [0.5, 0.6) is 0 Å². The molecule has 0 radical (unpaired) electrons. The van der Waals surface area contributed by atoms with Crippen LogP contribution in [0.4, 0.5) is 5.69 Å². The lowest BCUT2D eigenvalue weighted by Crippen LogP contribution is -2.27. The maximum Gasteiger partial charge on any atom is 0.235 e. The zero-order chi connectivity index (χ0) is 14.2. The van der Waals surface area contributed by atoms with E-state index in [1.807, 2.05) is 30.3 Å². The van der Waals surface area contributed by atoms with Gasteiger partial charge in [-0.05, 0) is 40.4 Å². The molecule has 0 aliphatic heterocycles. The van der Waals surface area contributed by atoms with Gasteiger partial charge in [0.25, 0.3) is 0 Å². The van der Waals surface area contributed by atoms with Crippen LogP contribution in [0.1, 0.15) is 18.4 Å². The van der Waals surface area contributed by atoms with Gasteiger partial charge >= 0.3 is 0 Å². The minimum Gasteiger partial charge on any atom is -0.324 e. The molecular formula is C15H12BrClN2O. The van der Waals surface area contributed by atoms with E-state index in [1.54, 1.807) is 12.3 Å². The standard InChI is InChI=1S/C15H12BrClN2O/c16-12-8-11(9-18-13(12)17)19-14(20)15(6-7-15)10-4-2-1-3-5-10/h1-5,8-9H,6-7H2,(H,19,20). The molecule has 2 aromatic rings. The largest absolute Gasteiger partial charge is 0.324 e. The Labute approximate surface area is 130 Å². The van der Waals surface area contributed by atoms with Crippen LogP contribution in [0.15, 0.2) is 47.1 Å². The Morgan fingerprint density at radius 3 is 2.60 bits per heavy atom. The van der Waals surface area contributed by atoms with Crippen LogP contribution in [0, 0.1) is 0 Å². The van der Waals surface area contributed by atoms with E-state index in [4.69, 9.17) is 11.6 Å². The highest BCUT2D eigenvalue weighted by Crippen LogP contribution is 2.48. The van der Waals surface area contributed by atoms with Crippen molar-refractivity contribution in [2.45, 2.75) is 18.3 Å². The quantitative estimate of drug-likeness (QED) is 0.843. The summed E-state index contributed by atoms with van der Waals surface area (Å²) in [6.07, 6.45) is 3.32. The molecule has 1 N–H and O–H groups in total. The van der Waals surface area contributed by atoms with Crippen molar-refractivity contribution in [1.82, 2.24) is 4.98 Å². The molecule has 0 saturated heterocycles. The molecule has 1 amide bonds. The number of anilines is 1. The smallest absolute Gasteiger partial charge is 0.235 e. The molecule has 1 fully saturated rings. The third-order valence-corrected chi connectivity index (χ3v) is 4.70. The molecule has 1 aromatic heterocycles. The van der Waals surface area contributed by atoms with E-state index in [2.05, 4.69) is 26.2 Å². The van der Waals surface area contributed by atoms with Crippen LogP contribution in [0.2, 0.25) is 5.15 Å². The highest BCUT2D eigenvalue weighted by molar-refractivity contribution is 9.10. The van der Waals surface area contributed by atoms with Gasteiger partial charge in [-0.2, -0.15) is 0 Å². The van der Waals surface area contributed by atoms with Crippen LogP contribution in [0.3, 0.4) is 0 Å². The van der Waals surface area contributed by atoms with Crippen molar-refractivity contribution in [2.24, 2.45) is 0 Å². The molecule has 20 heavy (non-hydrogen) atoms. The lowest BCUT2D eigenvalue weighted by Gasteiger charge is -2.15. The maximum absolute atomic E-state index is 12.5. The lowest BCUT2D eigenvalue weighted by molar-refractivity contribution is -0.118. The molecule has 1 aliphatic rings. The first-order chi connectivity index (χ1) is 9.62. The first kappa shape index (κ1) is 13.6. The molecule has 3 rings (SSSR count). The van der Waals surface area contributed by atoms with Crippen molar-refractivity contribution < 1.29 is 4.79 Å². The first-order valence-corrected chi connectivity index (χ1v) is 7.47. The summed E-state index contributed by atoms with van der Waals surface area (Å²) in [5, 5.41) is 3.30. The number of rotatable bonds is 3. The number of amides is 1. The summed E-state index contributed by atoms with van der Waals surface area (Å²) < 4.78 is 0.668. The summed E-state index contributed by atoms with van der Waals surface area (Å²) in [5.74, 6) is 0.0136. The molecule has 0 bridgehead atoms. The van der Waals surface area contributed by atoms with Crippen molar-refractivity contribution in [3.05, 3.63) is 57.8 Å². The van der Waals surface area contributed by atoms with Gasteiger partial charge in [-0.3, -0.25) is 4.79 Å². The van der Waals surface area contributed by atoms with Crippen LogP contribution in [-0.4, -0.2) is 10.9 Å². The Morgan fingerprint density at radius 2 is 2.00 bits per heavy atom. The molecular weight excluding hydrogens is 340 g/mol. The van der Waals surface area contributed by atoms with Gasteiger partial charge in [-0.15, -0.1) is 0 Å². The lowest BCUT2D eigenvalue weighted by atomic mass is 9.95. The number of pyridine rings is 1. The number of carbonyl (C=O) groups is 1. The van der Waals surface area contributed by atoms with Crippen LogP contribution in [0.25, 0.3) is 0 Å². The number of benzene rings is 1. The summed E-state index contributed by atoms with van der Waals surface area (Å²) in [7, 11) is 0. The summed E-state index contributed by atoms with van der Waals surface area (Å²) in [6.45, 7) is 0. The Hall–Kier alpha value is -1.39. The van der Waals surface area contributed by atoms with Crippen molar-refractivity contribution in [3.63, 3.8) is 0 Å². The molecule has 0 spiro atoms. The number of hydrogen-bond acceptors (Lipinski definition) is 2. The fraction of sp³-hybridized carbons (Fsp3) is 0.200. The first-order valence-electron chi connectivity index (χ1n) is 6.30. The minimum absolute atomic E-state index is 0.0136. The van der Waals surface area contributed by atoms with E-state index in [-0.39, 0.29) is 11.3 Å². The highest BCUT2D eigenvalue weighted by Gasteiger charge is 2.51. The fourth-order valence-corrected chi connectivity index (χ4v) is 2.72. The van der Waals surface area contributed by atoms with Gasteiger partial charge in [0.1, 0.15) is 5.15 Å². The van der Waals surface area contributed by atoms with Gasteiger partial charge in [0.2, 0.25) is 5.91 Å². The number of aromatic nitrogens is 1. The second-order valence-electron chi connectivity index (χ2n) is 4.90. The molecule has 1 aromatic carbocycles. The van der Waals surface area contributed by atoms with Crippen LogP contribution >= 0.6 is 27.5 Å². The van der Waals surface area contributed by atoms with Gasteiger partial charge < -0.3 is 5.32 Å². The number of hydrogen-bond donors (Lipinski definition) is 1. The molecule has 0 unspecified atom stereocenters. The Bertz CT molecular complexity index is 656. The number of carbonyl (C=O) groups excluding carboxylic acids is 1. The zero-order valence-corrected chi connectivity index (χ0v) is 12.9. The molecule has 102 valence electrons. The number of nitrogens with zero attached hydrogens (tertiary/aromatic N) is 1. The number of halogens is 2. The maximum atomic E-state index is 12.5. The van der Waals surface area contributed by atoms with Crippen LogP contribution in [-0.2, 0) is 10.2 Å². The summed E-state index contributed by atoms with van der Waals surface area (Å²) in [5.41, 5.74) is 1.33. The third kappa shape index (κ3) is 2.45. The molecule has 5 heteroatoms. The number of nitrogens with one attached hydrogen (secondary N) is 1. The Balaban J connectivity index is 1.81. The van der Waals surface area contributed by atoms with Gasteiger partial charge in [0.05, 0.1) is 21.8 Å². The van der Waals surface area contributed by atoms with E-state index in [1.165, 1.54) is 0 Å². The third-order valence-electron chi connectivity index (χ3n) is 3.57. The summed E-state index contributed by atoms with van der Waals surface area (Å²) in [4.78, 5) is 16.5. The Morgan fingerprint density at radius 1 is 1.30 bits per heavy atom. The topological polar surface area (TPSA) is 42.0 Å². The molecule has 1 saturated carbocycles. The zero-order valence-electron chi connectivity index (χ0n) is 10.6. The SMILES string of the molecule is O=C(Nc1cnc(Cl)c(Br)c1)C1(c2ccccc2)CC1. The molecule has 3 nitrogen and oxygen atoms in total. The van der Waals surface area contributed by atoms with Crippen LogP contribution < -0.4 is 5.32 Å². The van der Waals surface area contributed by atoms with Gasteiger partial charge in [-0.25, -0.2) is 4.98 Å². The minimum atomic E-state index is -0.382. The monoisotopic (exact) mass is 350 g/mol. The average Bonchev–Trinajstić information content (AvgIpc) is 3.26. The normalized spacial score (nSPS) is 15.7.